The van der Waals surface area contributed by atoms with Gasteiger partial charge in [-0.25, -0.2) is 0 Å². The Labute approximate surface area is 102 Å². The Morgan fingerprint density at radius 2 is 2.13 bits per heavy atom. The van der Waals surface area contributed by atoms with Gasteiger partial charge < -0.3 is 21.8 Å². The standard InChI is InChI=1S/C11H12NOS.BrH/c1-9-12-10-5-2-3-6-11(10)14(9)8-4-7-13;/h2-3,5-7H,4,8H2,1H3;1H/q+1;/p-1. The average Bonchev–Trinajstić information content (AvgIpc) is 2.51. The third-order valence-electron chi connectivity index (χ3n) is 2.21. The van der Waals surface area contributed by atoms with E-state index >= 15 is 0 Å². The SMILES string of the molecule is Cc1nc2ccccc2[s+]1CCC=O.[Br-]. The number of aldehydes is 1. The fourth-order valence-electron chi connectivity index (χ4n) is 1.57. The van der Waals surface area contributed by atoms with Crippen molar-refractivity contribution in [2.75, 3.05) is 0 Å². The number of hydrogen-bond donors (Lipinski definition) is 0. The van der Waals surface area contributed by atoms with E-state index in [9.17, 15) is 4.79 Å². The second-order valence-corrected chi connectivity index (χ2v) is 5.37. The van der Waals surface area contributed by atoms with Crippen molar-refractivity contribution in [1.29, 1.82) is 0 Å². The maximum atomic E-state index is 10.3. The van der Waals surface area contributed by atoms with Gasteiger partial charge in [-0.3, -0.25) is 0 Å². The molecule has 1 unspecified atom stereocenters. The molecule has 0 saturated heterocycles. The van der Waals surface area contributed by atoms with Gasteiger partial charge in [-0.2, -0.15) is 4.98 Å². The summed E-state index contributed by atoms with van der Waals surface area (Å²) < 4.78 is 1.30. The summed E-state index contributed by atoms with van der Waals surface area (Å²) in [5.41, 5.74) is 1.08. The number of hydrogen-bond acceptors (Lipinski definition) is 2. The first-order valence-electron chi connectivity index (χ1n) is 4.62. The van der Waals surface area contributed by atoms with E-state index in [0.717, 1.165) is 22.6 Å². The predicted octanol–water partition coefficient (Wildman–Crippen LogP) is -0.115. The maximum Gasteiger partial charge on any atom is 0.240 e. The van der Waals surface area contributed by atoms with Gasteiger partial charge >= 0.3 is 0 Å². The van der Waals surface area contributed by atoms with Gasteiger partial charge in [0.25, 0.3) is 0 Å². The number of halogens is 1. The second kappa shape index (κ2) is 5.37. The molecule has 0 aliphatic carbocycles. The number of rotatable bonds is 3. The topological polar surface area (TPSA) is 30.0 Å². The zero-order chi connectivity index (χ0) is 9.97. The van der Waals surface area contributed by atoms with E-state index in [1.807, 2.05) is 25.1 Å². The van der Waals surface area contributed by atoms with Crippen molar-refractivity contribution in [3.63, 3.8) is 0 Å². The number of carbonyl (C=O) groups excluding carboxylic acids is 1. The summed E-state index contributed by atoms with van der Waals surface area (Å²) in [6.07, 6.45) is 1.62. The summed E-state index contributed by atoms with van der Waals surface area (Å²) in [6, 6.07) is 8.19. The summed E-state index contributed by atoms with van der Waals surface area (Å²) in [6.45, 7) is 2.05. The van der Waals surface area contributed by atoms with Gasteiger partial charge in [-0.05, 0) is 6.07 Å². The van der Waals surface area contributed by atoms with Crippen LogP contribution in [0.4, 0.5) is 0 Å². The summed E-state index contributed by atoms with van der Waals surface area (Å²) >= 11 is 0. The molecule has 0 amide bonds. The first-order valence-corrected chi connectivity index (χ1v) is 6.01. The van der Waals surface area contributed by atoms with Crippen LogP contribution in [0.2, 0.25) is 0 Å². The number of carbonyl (C=O) groups is 1. The molecule has 0 spiro atoms. The fraction of sp³-hybridized carbons (Fsp3) is 0.273. The minimum absolute atomic E-state index is 0. The van der Waals surface area contributed by atoms with Crippen LogP contribution in [0, 0.1) is 6.92 Å². The van der Waals surface area contributed by atoms with E-state index in [1.165, 1.54) is 4.70 Å². The average molecular weight is 286 g/mol. The number of fused-ring (bicyclic) bond motifs is 1. The molecule has 0 fully saturated rings. The molecule has 1 atom stereocenters. The van der Waals surface area contributed by atoms with Crippen LogP contribution in [0.15, 0.2) is 24.3 Å². The third-order valence-corrected chi connectivity index (χ3v) is 4.53. The number of aryl methyl sites for hydroxylation is 2. The van der Waals surface area contributed by atoms with Crippen LogP contribution in [0.3, 0.4) is 0 Å². The van der Waals surface area contributed by atoms with E-state index in [4.69, 9.17) is 0 Å². The van der Waals surface area contributed by atoms with Gasteiger partial charge in [0.1, 0.15) is 17.6 Å². The normalized spacial score (nSPS) is 11.1. The largest absolute Gasteiger partial charge is 1.00 e. The van der Waals surface area contributed by atoms with Crippen molar-refractivity contribution >= 4 is 27.0 Å². The van der Waals surface area contributed by atoms with Crippen LogP contribution in [0.5, 0.6) is 0 Å². The van der Waals surface area contributed by atoms with Crippen molar-refractivity contribution in [3.05, 3.63) is 29.3 Å². The third kappa shape index (κ3) is 2.44. The molecule has 1 heterocycles. The molecule has 0 saturated carbocycles. The molecule has 0 aliphatic heterocycles. The molecule has 2 aromatic rings. The Morgan fingerprint density at radius 3 is 2.87 bits per heavy atom. The first-order chi connectivity index (χ1) is 6.83. The Morgan fingerprint density at radius 1 is 1.40 bits per heavy atom. The highest BCUT2D eigenvalue weighted by Gasteiger charge is 2.17. The molecule has 0 bridgehead atoms. The zero-order valence-corrected chi connectivity index (χ0v) is 10.8. The highest BCUT2D eigenvalue weighted by molar-refractivity contribution is 7.36. The Bertz CT molecular complexity index is 467. The monoisotopic (exact) mass is 285 g/mol. The molecular weight excluding hydrogens is 274 g/mol. The Balaban J connectivity index is 0.00000112. The summed E-state index contributed by atoms with van der Waals surface area (Å²) in [5.74, 6) is 0.913. The van der Waals surface area contributed by atoms with Gasteiger partial charge in [-0.1, -0.05) is 12.1 Å². The van der Waals surface area contributed by atoms with E-state index < -0.39 is 0 Å². The van der Waals surface area contributed by atoms with Crippen LogP contribution in [0.1, 0.15) is 11.4 Å². The summed E-state index contributed by atoms with van der Waals surface area (Å²) in [7, 11) is 0.0719. The van der Waals surface area contributed by atoms with Gasteiger partial charge in [0.2, 0.25) is 9.71 Å². The lowest BCUT2D eigenvalue weighted by Gasteiger charge is -1.86. The maximum absolute atomic E-state index is 10.3. The molecule has 0 aliphatic rings. The van der Waals surface area contributed by atoms with Crippen molar-refractivity contribution < 1.29 is 21.8 Å². The molecule has 0 radical (unpaired) electrons. The van der Waals surface area contributed by atoms with E-state index in [1.54, 1.807) is 0 Å². The quantitative estimate of drug-likeness (QED) is 0.582. The number of aromatic nitrogens is 1. The molecule has 4 heteroatoms. The lowest BCUT2D eigenvalue weighted by Crippen LogP contribution is -3.00. The molecule has 15 heavy (non-hydrogen) atoms. The van der Waals surface area contributed by atoms with Gasteiger partial charge in [0, 0.05) is 23.5 Å². The van der Waals surface area contributed by atoms with Crippen LogP contribution in [-0.2, 0) is 10.5 Å². The highest BCUT2D eigenvalue weighted by atomic mass is 79.9. The lowest BCUT2D eigenvalue weighted by atomic mass is 10.3. The molecule has 1 aromatic carbocycles. The minimum Gasteiger partial charge on any atom is -1.00 e. The predicted molar refractivity (Wildman–Crippen MR) is 59.6 cm³/mol. The molecular formula is C11H12BrNOS. The number of benzene rings is 1. The molecule has 0 N–H and O–H groups in total. The van der Waals surface area contributed by atoms with E-state index in [2.05, 4.69) is 11.1 Å². The number of thiazole rings is 1. The Hall–Kier alpha value is -0.740. The summed E-state index contributed by atoms with van der Waals surface area (Å²) in [4.78, 5) is 14.8. The van der Waals surface area contributed by atoms with Crippen molar-refractivity contribution in [1.82, 2.24) is 4.98 Å². The van der Waals surface area contributed by atoms with E-state index in [0.29, 0.717) is 6.42 Å². The van der Waals surface area contributed by atoms with Gasteiger partial charge in [0.05, 0.1) is 6.42 Å². The van der Waals surface area contributed by atoms with Crippen LogP contribution >= 0.6 is 10.5 Å². The van der Waals surface area contributed by atoms with Gasteiger partial charge in [0.15, 0.2) is 0 Å². The highest BCUT2D eigenvalue weighted by Crippen LogP contribution is 2.34. The van der Waals surface area contributed by atoms with Gasteiger partial charge in [-0.15, -0.1) is 0 Å². The van der Waals surface area contributed by atoms with Crippen molar-refractivity contribution in [2.45, 2.75) is 19.1 Å². The smallest absolute Gasteiger partial charge is 0.240 e. The molecule has 2 nitrogen and oxygen atoms in total. The molecule has 2 rings (SSSR count). The second-order valence-electron chi connectivity index (χ2n) is 3.15. The number of para-hydroxylation sites is 1. The minimum atomic E-state index is 0. The molecule has 80 valence electrons. The molecule has 1 aromatic heterocycles. The summed E-state index contributed by atoms with van der Waals surface area (Å²) in [5, 5.41) is 1.16. The Kier molecular flexibility index (Phi) is 4.42. The lowest BCUT2D eigenvalue weighted by molar-refractivity contribution is -0.107. The van der Waals surface area contributed by atoms with Crippen molar-refractivity contribution in [2.24, 2.45) is 0 Å². The number of nitrogens with zero attached hydrogens (tertiary/aromatic N) is 1. The van der Waals surface area contributed by atoms with Crippen LogP contribution in [-0.4, -0.2) is 11.3 Å². The first kappa shape index (κ1) is 12.3. The van der Waals surface area contributed by atoms with Crippen LogP contribution < -0.4 is 17.0 Å². The fourth-order valence-corrected chi connectivity index (χ4v) is 3.55. The zero-order valence-electron chi connectivity index (χ0n) is 8.44. The van der Waals surface area contributed by atoms with E-state index in [-0.39, 0.29) is 27.5 Å². The van der Waals surface area contributed by atoms with Crippen molar-refractivity contribution in [3.8, 4) is 0 Å². The van der Waals surface area contributed by atoms with Crippen LogP contribution in [0.25, 0.3) is 10.2 Å².